The van der Waals surface area contributed by atoms with Gasteiger partial charge < -0.3 is 20.4 Å². The minimum Gasteiger partial charge on any atom is -0.421 e. The predicted octanol–water partition coefficient (Wildman–Crippen LogP) is -0.893. The summed E-state index contributed by atoms with van der Waals surface area (Å²) < 4.78 is 40.8. The molecule has 0 spiro atoms. The molecule has 3 saturated heterocycles. The van der Waals surface area contributed by atoms with Crippen LogP contribution in [0.1, 0.15) is 43.1 Å². The minimum absolute atomic E-state index is 0.0297. The number of amides is 2. The molecule has 2 bridgehead atoms. The fraction of sp³-hybridized carbons (Fsp3) is 0.750. The summed E-state index contributed by atoms with van der Waals surface area (Å²) in [5, 5.41) is 12.0. The van der Waals surface area contributed by atoms with Crippen LogP contribution in [0.3, 0.4) is 0 Å². The molecule has 4 N–H and O–H groups in total. The fourth-order valence-electron chi connectivity index (χ4n) is 3.56. The van der Waals surface area contributed by atoms with E-state index in [1.165, 1.54) is 4.90 Å². The van der Waals surface area contributed by atoms with Crippen LogP contribution < -0.4 is 11.1 Å². The zero-order valence-corrected chi connectivity index (χ0v) is 13.9. The molecule has 0 aliphatic carbocycles. The Bertz CT molecular complexity index is 783. The Morgan fingerprint density at radius 1 is 1.32 bits per heavy atom. The van der Waals surface area contributed by atoms with Gasteiger partial charge in [0.1, 0.15) is 6.04 Å². The molecule has 138 valence electrons. The van der Waals surface area contributed by atoms with E-state index >= 15 is 0 Å². The van der Waals surface area contributed by atoms with Crippen molar-refractivity contribution in [1.29, 1.82) is 0 Å². The standard InChI is InChI=1S/C12H18N6O6S/c13-6-3-8(14-4-6)10-15-16-11(23-10)9-2-1-7-5-17(9)12(19)18(7)24-25(20,21)22/h6-9,14H,1-5,13H2,(H,20,21,22)/t6-,7+,8?,9-/m0/s1. The summed E-state index contributed by atoms with van der Waals surface area (Å²) in [6, 6.07) is -1.66. The summed E-state index contributed by atoms with van der Waals surface area (Å²) in [7, 11) is -4.77. The summed E-state index contributed by atoms with van der Waals surface area (Å²) in [6.07, 6.45) is 1.68. The van der Waals surface area contributed by atoms with Crippen LogP contribution in [0.2, 0.25) is 0 Å². The van der Waals surface area contributed by atoms with Crippen molar-refractivity contribution in [3.05, 3.63) is 11.8 Å². The molecule has 0 aromatic carbocycles. The van der Waals surface area contributed by atoms with Crippen LogP contribution in [0.25, 0.3) is 0 Å². The predicted molar refractivity (Wildman–Crippen MR) is 80.0 cm³/mol. The van der Waals surface area contributed by atoms with E-state index in [1.54, 1.807) is 0 Å². The summed E-state index contributed by atoms with van der Waals surface area (Å²) in [6.45, 7) is 0.920. The molecule has 3 aliphatic rings. The van der Waals surface area contributed by atoms with Gasteiger partial charge in [-0.05, 0) is 19.3 Å². The number of carbonyl (C=O) groups is 1. The number of hydrogen-bond donors (Lipinski definition) is 3. The first-order valence-electron chi connectivity index (χ1n) is 7.91. The van der Waals surface area contributed by atoms with Gasteiger partial charge in [0.15, 0.2) is 0 Å². The Morgan fingerprint density at radius 2 is 2.08 bits per heavy atom. The molecule has 3 aliphatic heterocycles. The highest BCUT2D eigenvalue weighted by Gasteiger charge is 2.49. The molecular formula is C12H18N6O6S. The van der Waals surface area contributed by atoms with E-state index in [9.17, 15) is 13.2 Å². The zero-order valence-electron chi connectivity index (χ0n) is 13.1. The maximum Gasteiger partial charge on any atom is 0.418 e. The highest BCUT2D eigenvalue weighted by Crippen LogP contribution is 2.38. The molecule has 0 saturated carbocycles. The molecule has 4 rings (SSSR count). The normalized spacial score (nSPS) is 32.6. The van der Waals surface area contributed by atoms with Crippen molar-refractivity contribution in [2.45, 2.75) is 43.4 Å². The highest BCUT2D eigenvalue weighted by atomic mass is 32.3. The zero-order chi connectivity index (χ0) is 17.8. The molecule has 4 heterocycles. The second kappa shape index (κ2) is 5.88. The monoisotopic (exact) mass is 374 g/mol. The fourth-order valence-corrected chi connectivity index (χ4v) is 3.95. The lowest BCUT2D eigenvalue weighted by atomic mass is 10.0. The van der Waals surface area contributed by atoms with Crippen LogP contribution in [0.15, 0.2) is 4.42 Å². The van der Waals surface area contributed by atoms with E-state index in [4.69, 9.17) is 14.7 Å². The molecule has 3 fully saturated rings. The van der Waals surface area contributed by atoms with Crippen LogP contribution in [-0.4, -0.2) is 64.3 Å². The second-order valence-electron chi connectivity index (χ2n) is 6.45. The van der Waals surface area contributed by atoms with E-state index in [1.807, 2.05) is 0 Å². The van der Waals surface area contributed by atoms with Gasteiger partial charge in [-0.25, -0.2) is 4.79 Å². The molecule has 1 aromatic heterocycles. The maximum absolute atomic E-state index is 12.4. The van der Waals surface area contributed by atoms with E-state index < -0.39 is 28.5 Å². The van der Waals surface area contributed by atoms with Crippen LogP contribution in [0, 0.1) is 0 Å². The van der Waals surface area contributed by atoms with Crippen LogP contribution in [0.5, 0.6) is 0 Å². The molecule has 0 radical (unpaired) electrons. The number of hydroxylamine groups is 2. The average molecular weight is 374 g/mol. The third-order valence-electron chi connectivity index (χ3n) is 4.70. The van der Waals surface area contributed by atoms with Gasteiger partial charge >= 0.3 is 16.4 Å². The van der Waals surface area contributed by atoms with Crippen LogP contribution in [0.4, 0.5) is 4.79 Å². The van der Waals surface area contributed by atoms with Gasteiger partial charge in [0, 0.05) is 19.1 Å². The van der Waals surface area contributed by atoms with Crippen LogP contribution >= 0.6 is 0 Å². The number of urea groups is 1. The van der Waals surface area contributed by atoms with Gasteiger partial charge in [-0.15, -0.1) is 14.5 Å². The average Bonchev–Trinajstić information content (AvgIpc) is 3.23. The molecule has 1 unspecified atom stereocenters. The minimum atomic E-state index is -4.77. The molecule has 13 heteroatoms. The molecular weight excluding hydrogens is 356 g/mol. The van der Waals surface area contributed by atoms with Crippen molar-refractivity contribution in [2.75, 3.05) is 13.1 Å². The summed E-state index contributed by atoms with van der Waals surface area (Å²) in [5.41, 5.74) is 5.85. The van der Waals surface area contributed by atoms with Crippen molar-refractivity contribution in [2.24, 2.45) is 5.73 Å². The number of piperidine rings is 1. The third-order valence-corrected chi connectivity index (χ3v) is 5.05. The lowest BCUT2D eigenvalue weighted by Crippen LogP contribution is -2.35. The van der Waals surface area contributed by atoms with E-state index in [0.717, 1.165) is 0 Å². The molecule has 1 aromatic rings. The smallest absolute Gasteiger partial charge is 0.418 e. The quantitative estimate of drug-likeness (QED) is 0.563. The lowest BCUT2D eigenvalue weighted by Gasteiger charge is -2.27. The first-order chi connectivity index (χ1) is 11.8. The Morgan fingerprint density at radius 3 is 2.76 bits per heavy atom. The number of nitrogens with two attached hydrogens (primary N) is 1. The highest BCUT2D eigenvalue weighted by molar-refractivity contribution is 7.80. The first-order valence-corrected chi connectivity index (χ1v) is 9.27. The van der Waals surface area contributed by atoms with Gasteiger partial charge in [0.05, 0.1) is 12.1 Å². The van der Waals surface area contributed by atoms with Crippen molar-refractivity contribution in [3.8, 4) is 0 Å². The Kier molecular flexibility index (Phi) is 3.92. The lowest BCUT2D eigenvalue weighted by molar-refractivity contribution is -0.0317. The first kappa shape index (κ1) is 16.7. The molecule has 12 nitrogen and oxygen atoms in total. The Hall–Kier alpha value is -1.80. The van der Waals surface area contributed by atoms with Gasteiger partial charge in [-0.2, -0.15) is 13.5 Å². The number of fused-ring (bicyclic) bond motifs is 2. The van der Waals surface area contributed by atoms with Crippen molar-refractivity contribution in [3.63, 3.8) is 0 Å². The van der Waals surface area contributed by atoms with E-state index in [-0.39, 0.29) is 24.5 Å². The number of nitrogens with zero attached hydrogens (tertiary/aromatic N) is 4. The summed E-state index contributed by atoms with van der Waals surface area (Å²) in [5.74, 6) is 0.709. The van der Waals surface area contributed by atoms with Crippen molar-refractivity contribution in [1.82, 2.24) is 25.5 Å². The van der Waals surface area contributed by atoms with E-state index in [2.05, 4.69) is 19.8 Å². The molecule has 25 heavy (non-hydrogen) atoms. The Balaban J connectivity index is 1.51. The van der Waals surface area contributed by atoms with Crippen LogP contribution in [-0.2, 0) is 14.7 Å². The van der Waals surface area contributed by atoms with Gasteiger partial charge in [-0.1, -0.05) is 0 Å². The maximum atomic E-state index is 12.4. The third kappa shape index (κ3) is 3.08. The number of hydrogen-bond acceptors (Lipinski definition) is 9. The molecule has 4 atom stereocenters. The van der Waals surface area contributed by atoms with Crippen molar-refractivity contribution >= 4 is 16.4 Å². The number of carbonyl (C=O) groups excluding carboxylic acids is 1. The Labute approximate surface area is 143 Å². The number of nitrogens with one attached hydrogen (secondary N) is 1. The molecule has 2 amide bonds. The second-order valence-corrected chi connectivity index (χ2v) is 7.45. The van der Waals surface area contributed by atoms with Crippen molar-refractivity contribution < 1.29 is 26.5 Å². The van der Waals surface area contributed by atoms with E-state index in [0.29, 0.717) is 36.8 Å². The van der Waals surface area contributed by atoms with Gasteiger partial charge in [0.25, 0.3) is 0 Å². The number of aromatic nitrogens is 2. The van der Waals surface area contributed by atoms with Gasteiger partial charge in [-0.3, -0.25) is 4.55 Å². The largest absolute Gasteiger partial charge is 0.421 e. The SMILES string of the molecule is N[C@@H]1CNC(c2nnc([C@@H]3CC[C@@H]4CN3C(=O)N4OS(=O)(=O)O)o2)C1. The summed E-state index contributed by atoms with van der Waals surface area (Å²) in [4.78, 5) is 13.8. The summed E-state index contributed by atoms with van der Waals surface area (Å²) >= 11 is 0. The topological polar surface area (TPSA) is 164 Å². The number of rotatable bonds is 4. The van der Waals surface area contributed by atoms with Gasteiger partial charge in [0.2, 0.25) is 11.8 Å².